The van der Waals surface area contributed by atoms with Crippen molar-refractivity contribution in [1.29, 1.82) is 0 Å². The molecule has 15 heteroatoms. The summed E-state index contributed by atoms with van der Waals surface area (Å²) in [7, 11) is 0. The Morgan fingerprint density at radius 1 is 0.491 bits per heavy atom. The van der Waals surface area contributed by atoms with Crippen LogP contribution in [-0.2, 0) is 61.6 Å². The largest absolute Gasteiger partial charge is 0.460 e. The second-order valence-corrected chi connectivity index (χ2v) is 11.1. The normalized spacial score (nSPS) is 11.3. The maximum Gasteiger partial charge on any atom is 0.338 e. The summed E-state index contributed by atoms with van der Waals surface area (Å²) in [6, 6.07) is 7.29. The predicted molar refractivity (Wildman–Crippen MR) is 200 cm³/mol. The molecular formula is C38H67NO14. The molecule has 1 rings (SSSR count). The molecule has 0 aromatic heterocycles. The Morgan fingerprint density at radius 3 is 1.09 bits per heavy atom. The van der Waals surface area contributed by atoms with Crippen molar-refractivity contribution in [3.63, 3.8) is 0 Å². The number of unbranched alkanes of at least 4 members (excludes halogenated alkanes) is 1. The van der Waals surface area contributed by atoms with Gasteiger partial charge in [0.1, 0.15) is 6.61 Å². The SMILES string of the molecule is C=CCOCCOCCOCCOCCOCCOCCOCCOCCOCCOCCOCCOCCOC(=O)c1ccc(NCCCC)cc1. The van der Waals surface area contributed by atoms with Crippen molar-refractivity contribution in [2.75, 3.05) is 177 Å². The lowest BCUT2D eigenvalue weighted by Crippen LogP contribution is -2.16. The minimum atomic E-state index is -0.363. The van der Waals surface area contributed by atoms with Gasteiger partial charge in [-0.3, -0.25) is 0 Å². The highest BCUT2D eigenvalue weighted by Gasteiger charge is 2.07. The zero-order valence-corrected chi connectivity index (χ0v) is 32.1. The van der Waals surface area contributed by atoms with E-state index in [4.69, 9.17) is 61.6 Å². The third kappa shape index (κ3) is 35.2. The highest BCUT2D eigenvalue weighted by atomic mass is 16.6. The molecule has 0 amide bonds. The number of rotatable bonds is 43. The molecule has 0 radical (unpaired) electrons. The van der Waals surface area contributed by atoms with Crippen molar-refractivity contribution in [2.45, 2.75) is 19.8 Å². The van der Waals surface area contributed by atoms with E-state index >= 15 is 0 Å². The van der Waals surface area contributed by atoms with Gasteiger partial charge in [0.25, 0.3) is 0 Å². The Kier molecular flexibility index (Phi) is 37.7. The minimum Gasteiger partial charge on any atom is -0.460 e. The fraction of sp³-hybridized carbons (Fsp3) is 0.763. The Bertz CT molecular complexity index is 911. The first-order valence-electron chi connectivity index (χ1n) is 18.8. The fourth-order valence-corrected chi connectivity index (χ4v) is 4.00. The van der Waals surface area contributed by atoms with E-state index in [1.807, 2.05) is 12.1 Å². The molecule has 53 heavy (non-hydrogen) atoms. The summed E-state index contributed by atoms with van der Waals surface area (Å²) < 4.78 is 70.6. The van der Waals surface area contributed by atoms with Crippen LogP contribution < -0.4 is 5.32 Å². The smallest absolute Gasteiger partial charge is 0.338 e. The number of ether oxygens (including phenoxy) is 13. The molecule has 15 nitrogen and oxygen atoms in total. The van der Waals surface area contributed by atoms with Gasteiger partial charge in [-0.2, -0.15) is 0 Å². The lowest BCUT2D eigenvalue weighted by Gasteiger charge is -2.09. The van der Waals surface area contributed by atoms with Gasteiger partial charge in [0, 0.05) is 12.2 Å². The quantitative estimate of drug-likeness (QED) is 0.0588. The summed E-state index contributed by atoms with van der Waals surface area (Å²) in [5.74, 6) is -0.363. The van der Waals surface area contributed by atoms with Gasteiger partial charge in [-0.25, -0.2) is 4.79 Å². The molecule has 0 aliphatic heterocycles. The Balaban J connectivity index is 1.68. The molecule has 0 spiro atoms. The first kappa shape index (κ1) is 48.8. The van der Waals surface area contributed by atoms with Gasteiger partial charge in [0.15, 0.2) is 0 Å². The predicted octanol–water partition coefficient (Wildman–Crippen LogP) is 3.44. The molecule has 1 aromatic rings. The molecule has 0 saturated heterocycles. The molecule has 0 bridgehead atoms. The second kappa shape index (κ2) is 40.9. The average molecular weight is 762 g/mol. The summed E-state index contributed by atoms with van der Waals surface area (Å²) in [4.78, 5) is 12.1. The number of anilines is 1. The number of nitrogens with one attached hydrogen (secondary N) is 1. The van der Waals surface area contributed by atoms with Crippen molar-refractivity contribution in [3.05, 3.63) is 42.5 Å². The van der Waals surface area contributed by atoms with E-state index in [0.717, 1.165) is 25.1 Å². The van der Waals surface area contributed by atoms with Crippen molar-refractivity contribution < 1.29 is 66.4 Å². The van der Waals surface area contributed by atoms with Crippen molar-refractivity contribution >= 4 is 11.7 Å². The monoisotopic (exact) mass is 761 g/mol. The summed E-state index contributed by atoms with van der Waals surface area (Å²) in [5, 5.41) is 3.32. The molecule has 0 aliphatic carbocycles. The summed E-state index contributed by atoms with van der Waals surface area (Å²) in [5.41, 5.74) is 1.51. The van der Waals surface area contributed by atoms with E-state index in [9.17, 15) is 4.79 Å². The van der Waals surface area contributed by atoms with Gasteiger partial charge in [0.2, 0.25) is 0 Å². The lowest BCUT2D eigenvalue weighted by atomic mass is 10.2. The first-order valence-corrected chi connectivity index (χ1v) is 18.8. The van der Waals surface area contributed by atoms with E-state index in [2.05, 4.69) is 18.8 Å². The Hall–Kier alpha value is -2.25. The van der Waals surface area contributed by atoms with Crippen LogP contribution in [0.4, 0.5) is 5.69 Å². The number of carbonyl (C=O) groups excluding carboxylic acids is 1. The second-order valence-electron chi connectivity index (χ2n) is 11.1. The van der Waals surface area contributed by atoms with Crippen molar-refractivity contribution in [3.8, 4) is 0 Å². The van der Waals surface area contributed by atoms with Gasteiger partial charge in [-0.15, -0.1) is 6.58 Å². The Labute approximate surface area is 317 Å². The lowest BCUT2D eigenvalue weighted by molar-refractivity contribution is -0.0286. The third-order valence-electron chi connectivity index (χ3n) is 6.77. The average Bonchev–Trinajstić information content (AvgIpc) is 3.17. The number of carbonyl (C=O) groups is 1. The molecular weight excluding hydrogens is 694 g/mol. The molecule has 0 heterocycles. The van der Waals surface area contributed by atoms with Crippen LogP contribution in [0, 0.1) is 0 Å². The number of esters is 1. The van der Waals surface area contributed by atoms with Crippen LogP contribution in [0.25, 0.3) is 0 Å². The molecule has 0 unspecified atom stereocenters. The van der Waals surface area contributed by atoms with Gasteiger partial charge in [-0.1, -0.05) is 19.4 Å². The van der Waals surface area contributed by atoms with Crippen LogP contribution in [0.2, 0.25) is 0 Å². The van der Waals surface area contributed by atoms with E-state index < -0.39 is 0 Å². The van der Waals surface area contributed by atoms with Gasteiger partial charge in [0.05, 0.1) is 164 Å². The van der Waals surface area contributed by atoms with Gasteiger partial charge < -0.3 is 66.9 Å². The molecule has 1 aromatic carbocycles. The van der Waals surface area contributed by atoms with Crippen LogP contribution >= 0.6 is 0 Å². The molecule has 1 N–H and O–H groups in total. The summed E-state index contributed by atoms with van der Waals surface area (Å²) in [6.45, 7) is 18.6. The number of hydrogen-bond donors (Lipinski definition) is 1. The van der Waals surface area contributed by atoms with Gasteiger partial charge in [-0.05, 0) is 30.7 Å². The highest BCUT2D eigenvalue weighted by molar-refractivity contribution is 5.89. The van der Waals surface area contributed by atoms with Crippen LogP contribution in [0.15, 0.2) is 36.9 Å². The summed E-state index contributed by atoms with van der Waals surface area (Å²) in [6.07, 6.45) is 3.95. The van der Waals surface area contributed by atoms with Gasteiger partial charge >= 0.3 is 5.97 Å². The van der Waals surface area contributed by atoms with Crippen LogP contribution in [0.5, 0.6) is 0 Å². The van der Waals surface area contributed by atoms with Crippen molar-refractivity contribution in [2.24, 2.45) is 0 Å². The maximum atomic E-state index is 12.1. The van der Waals surface area contributed by atoms with E-state index in [0.29, 0.717) is 164 Å². The van der Waals surface area contributed by atoms with E-state index in [-0.39, 0.29) is 12.6 Å². The minimum absolute atomic E-state index is 0.188. The number of hydrogen-bond acceptors (Lipinski definition) is 15. The number of benzene rings is 1. The molecule has 0 aliphatic rings. The van der Waals surface area contributed by atoms with Crippen LogP contribution in [0.3, 0.4) is 0 Å². The fourth-order valence-electron chi connectivity index (χ4n) is 4.00. The highest BCUT2D eigenvalue weighted by Crippen LogP contribution is 2.11. The van der Waals surface area contributed by atoms with Crippen LogP contribution in [0.1, 0.15) is 30.1 Å². The molecule has 0 saturated carbocycles. The molecule has 0 atom stereocenters. The first-order chi connectivity index (χ1) is 26.3. The maximum absolute atomic E-state index is 12.1. The van der Waals surface area contributed by atoms with Crippen molar-refractivity contribution in [1.82, 2.24) is 0 Å². The zero-order chi connectivity index (χ0) is 38.0. The topological polar surface area (TPSA) is 149 Å². The van der Waals surface area contributed by atoms with E-state index in [1.165, 1.54) is 0 Å². The Morgan fingerprint density at radius 2 is 0.792 bits per heavy atom. The molecule has 308 valence electrons. The third-order valence-corrected chi connectivity index (χ3v) is 6.77. The van der Waals surface area contributed by atoms with Crippen LogP contribution in [-0.4, -0.2) is 178 Å². The standard InChI is InChI=1S/C38H67NO14/c1-3-5-10-39-37-8-6-36(7-9-37)38(40)53-35-34-52-33-32-51-31-30-50-29-28-49-27-26-48-25-24-47-23-22-46-21-20-45-19-18-44-17-16-43-15-14-42-13-12-41-11-4-2/h4,6-9,39H,2-3,5,10-35H2,1H3. The molecule has 0 fully saturated rings. The van der Waals surface area contributed by atoms with E-state index in [1.54, 1.807) is 18.2 Å². The zero-order valence-electron chi connectivity index (χ0n) is 32.1. The summed E-state index contributed by atoms with van der Waals surface area (Å²) >= 11 is 0.